The van der Waals surface area contributed by atoms with Gasteiger partial charge in [-0.2, -0.15) is 0 Å². The van der Waals surface area contributed by atoms with Gasteiger partial charge in [0.2, 0.25) is 5.91 Å². The fourth-order valence-corrected chi connectivity index (χ4v) is 1.75. The highest BCUT2D eigenvalue weighted by Crippen LogP contribution is 2.23. The van der Waals surface area contributed by atoms with Gasteiger partial charge in [0.25, 0.3) is 0 Å². The quantitative estimate of drug-likeness (QED) is 0.554. The number of aliphatic hydroxyl groups excluding tert-OH is 1. The molecule has 5 nitrogen and oxygen atoms in total. The van der Waals surface area contributed by atoms with Crippen LogP contribution in [0.5, 0.6) is 5.75 Å². The van der Waals surface area contributed by atoms with Crippen LogP contribution in [0, 0.1) is 0 Å². The number of nitrogens with two attached hydrogens (primary N) is 1. The lowest BCUT2D eigenvalue weighted by molar-refractivity contribution is -0.130. The molecule has 0 fully saturated rings. The average Bonchev–Trinajstić information content (AvgIpc) is 2.44. The molecule has 0 unspecified atom stereocenters. The van der Waals surface area contributed by atoms with Crippen molar-refractivity contribution < 1.29 is 14.6 Å². The molecule has 110 valence electrons. The van der Waals surface area contributed by atoms with Crippen LogP contribution in [0.4, 0.5) is 5.69 Å². The summed E-state index contributed by atoms with van der Waals surface area (Å²) in [7, 11) is 1.68. The second kappa shape index (κ2) is 8.22. The lowest BCUT2D eigenvalue weighted by Gasteiger charge is -2.15. The molecule has 5 heteroatoms. The van der Waals surface area contributed by atoms with Crippen LogP contribution in [-0.4, -0.2) is 42.7 Å². The van der Waals surface area contributed by atoms with E-state index >= 15 is 0 Å². The standard InChI is InChI=1S/C15H22N2O3/c1-3-10-20-14-6-4-12(11-13(14)16)5-7-15(19)17(2)8-9-18/h3-4,6,11,18H,1,5,7-10,16H2,2H3. The lowest BCUT2D eigenvalue weighted by Crippen LogP contribution is -2.29. The minimum absolute atomic E-state index is 0.00426. The van der Waals surface area contributed by atoms with Gasteiger partial charge in [-0.1, -0.05) is 18.7 Å². The van der Waals surface area contributed by atoms with E-state index < -0.39 is 0 Å². The number of aliphatic hydroxyl groups is 1. The molecule has 1 amide bonds. The van der Waals surface area contributed by atoms with E-state index in [9.17, 15) is 4.79 Å². The first-order valence-electron chi connectivity index (χ1n) is 6.55. The number of hydrogen-bond donors (Lipinski definition) is 2. The van der Waals surface area contributed by atoms with Gasteiger partial charge in [-0.05, 0) is 24.1 Å². The monoisotopic (exact) mass is 278 g/mol. The van der Waals surface area contributed by atoms with Crippen LogP contribution >= 0.6 is 0 Å². The van der Waals surface area contributed by atoms with Crippen molar-refractivity contribution >= 4 is 11.6 Å². The highest BCUT2D eigenvalue weighted by Gasteiger charge is 2.09. The van der Waals surface area contributed by atoms with Crippen molar-refractivity contribution in [3.8, 4) is 5.75 Å². The third-order valence-corrected chi connectivity index (χ3v) is 2.92. The maximum absolute atomic E-state index is 11.7. The Bertz CT molecular complexity index is 460. The average molecular weight is 278 g/mol. The Morgan fingerprint density at radius 3 is 2.90 bits per heavy atom. The fourth-order valence-electron chi connectivity index (χ4n) is 1.75. The van der Waals surface area contributed by atoms with Gasteiger partial charge in [0.05, 0.1) is 12.3 Å². The fraction of sp³-hybridized carbons (Fsp3) is 0.400. The Morgan fingerprint density at radius 1 is 1.55 bits per heavy atom. The van der Waals surface area contributed by atoms with Crippen LogP contribution in [0.1, 0.15) is 12.0 Å². The SMILES string of the molecule is C=CCOc1ccc(CCC(=O)N(C)CCO)cc1N. The predicted molar refractivity (Wildman–Crippen MR) is 79.6 cm³/mol. The number of aryl methyl sites for hydroxylation is 1. The molecule has 1 rings (SSSR count). The number of ether oxygens (including phenoxy) is 1. The van der Waals surface area contributed by atoms with E-state index in [4.69, 9.17) is 15.6 Å². The topological polar surface area (TPSA) is 75.8 Å². The number of hydrogen-bond acceptors (Lipinski definition) is 4. The molecule has 0 aliphatic carbocycles. The van der Waals surface area contributed by atoms with E-state index in [-0.39, 0.29) is 12.5 Å². The number of carbonyl (C=O) groups excluding carboxylic acids is 1. The smallest absolute Gasteiger partial charge is 0.222 e. The number of likely N-dealkylation sites (N-methyl/N-ethyl adjacent to an activating group) is 1. The Hall–Kier alpha value is -2.01. The van der Waals surface area contributed by atoms with Crippen molar-refractivity contribution in [2.45, 2.75) is 12.8 Å². The summed E-state index contributed by atoms with van der Waals surface area (Å²) in [6.07, 6.45) is 2.66. The Kier molecular flexibility index (Phi) is 6.59. The van der Waals surface area contributed by atoms with E-state index in [1.807, 2.05) is 12.1 Å². The molecule has 1 aromatic carbocycles. The first-order valence-corrected chi connectivity index (χ1v) is 6.55. The van der Waals surface area contributed by atoms with Gasteiger partial charge in [0, 0.05) is 20.0 Å². The van der Waals surface area contributed by atoms with Crippen LogP contribution in [0.25, 0.3) is 0 Å². The maximum atomic E-state index is 11.7. The molecule has 0 spiro atoms. The molecule has 0 radical (unpaired) electrons. The molecule has 1 aromatic rings. The summed E-state index contributed by atoms with van der Waals surface area (Å²) < 4.78 is 5.39. The normalized spacial score (nSPS) is 10.1. The number of nitrogens with zero attached hydrogens (tertiary/aromatic N) is 1. The molecule has 0 heterocycles. The minimum atomic E-state index is -0.0233. The highest BCUT2D eigenvalue weighted by molar-refractivity contribution is 5.76. The van der Waals surface area contributed by atoms with E-state index in [0.29, 0.717) is 37.4 Å². The zero-order valence-corrected chi connectivity index (χ0v) is 11.8. The summed E-state index contributed by atoms with van der Waals surface area (Å²) in [5, 5.41) is 8.78. The third-order valence-electron chi connectivity index (χ3n) is 2.92. The van der Waals surface area contributed by atoms with Crippen molar-refractivity contribution in [3.05, 3.63) is 36.4 Å². The van der Waals surface area contributed by atoms with Gasteiger partial charge < -0.3 is 20.5 Å². The van der Waals surface area contributed by atoms with Crippen LogP contribution < -0.4 is 10.5 Å². The number of benzene rings is 1. The largest absolute Gasteiger partial charge is 0.487 e. The van der Waals surface area contributed by atoms with Crippen molar-refractivity contribution in [2.24, 2.45) is 0 Å². The maximum Gasteiger partial charge on any atom is 0.222 e. The summed E-state index contributed by atoms with van der Waals surface area (Å²) in [5.74, 6) is 0.627. The number of nitrogen functional groups attached to an aromatic ring is 1. The molecule has 0 bridgehead atoms. The van der Waals surface area contributed by atoms with Crippen molar-refractivity contribution in [2.75, 3.05) is 32.5 Å². The summed E-state index contributed by atoms with van der Waals surface area (Å²) in [4.78, 5) is 13.3. The molecule has 0 aliphatic heterocycles. The number of carbonyl (C=O) groups is 1. The molecule has 0 atom stereocenters. The predicted octanol–water partition coefficient (Wildman–Crippen LogP) is 1.22. The molecule has 3 N–H and O–H groups in total. The first kappa shape index (κ1) is 16.0. The van der Waals surface area contributed by atoms with Gasteiger partial charge in [-0.25, -0.2) is 0 Å². The summed E-state index contributed by atoms with van der Waals surface area (Å²) in [6.45, 7) is 4.32. The van der Waals surface area contributed by atoms with Crippen LogP contribution in [0.3, 0.4) is 0 Å². The molecule has 0 aliphatic rings. The van der Waals surface area contributed by atoms with E-state index in [1.54, 1.807) is 19.2 Å². The summed E-state index contributed by atoms with van der Waals surface area (Å²) in [5.41, 5.74) is 7.43. The summed E-state index contributed by atoms with van der Waals surface area (Å²) in [6, 6.07) is 5.52. The molecule has 20 heavy (non-hydrogen) atoms. The number of amides is 1. The van der Waals surface area contributed by atoms with Gasteiger partial charge >= 0.3 is 0 Å². The number of rotatable bonds is 8. The molecule has 0 saturated carbocycles. The van der Waals surface area contributed by atoms with Gasteiger partial charge in [-0.15, -0.1) is 0 Å². The first-order chi connectivity index (χ1) is 9.58. The Balaban J connectivity index is 2.54. The summed E-state index contributed by atoms with van der Waals surface area (Å²) >= 11 is 0. The third kappa shape index (κ3) is 4.93. The highest BCUT2D eigenvalue weighted by atomic mass is 16.5. The zero-order chi connectivity index (χ0) is 15.0. The van der Waals surface area contributed by atoms with Crippen LogP contribution in [0.15, 0.2) is 30.9 Å². The molecule has 0 aromatic heterocycles. The molecular formula is C15H22N2O3. The Morgan fingerprint density at radius 2 is 2.30 bits per heavy atom. The van der Waals surface area contributed by atoms with Gasteiger partial charge in [-0.3, -0.25) is 4.79 Å². The second-order valence-electron chi connectivity index (χ2n) is 4.51. The molecule has 0 saturated heterocycles. The van der Waals surface area contributed by atoms with Crippen molar-refractivity contribution in [3.63, 3.8) is 0 Å². The van der Waals surface area contributed by atoms with Crippen molar-refractivity contribution in [1.82, 2.24) is 4.90 Å². The van der Waals surface area contributed by atoms with Gasteiger partial charge in [0.1, 0.15) is 12.4 Å². The zero-order valence-electron chi connectivity index (χ0n) is 11.8. The minimum Gasteiger partial charge on any atom is -0.487 e. The second-order valence-corrected chi connectivity index (χ2v) is 4.51. The van der Waals surface area contributed by atoms with E-state index in [1.165, 1.54) is 4.90 Å². The van der Waals surface area contributed by atoms with Gasteiger partial charge in [0.15, 0.2) is 0 Å². The number of anilines is 1. The van der Waals surface area contributed by atoms with Crippen LogP contribution in [0.2, 0.25) is 0 Å². The molecular weight excluding hydrogens is 256 g/mol. The van der Waals surface area contributed by atoms with Crippen LogP contribution in [-0.2, 0) is 11.2 Å². The van der Waals surface area contributed by atoms with E-state index in [0.717, 1.165) is 5.56 Å². The van der Waals surface area contributed by atoms with Crippen molar-refractivity contribution in [1.29, 1.82) is 0 Å². The Labute approximate surface area is 119 Å². The lowest BCUT2D eigenvalue weighted by atomic mass is 10.1. The van der Waals surface area contributed by atoms with E-state index in [2.05, 4.69) is 6.58 Å².